The molecule has 2 heterocycles. The monoisotopic (exact) mass is 350 g/mol. The molecule has 1 aliphatic carbocycles. The topological polar surface area (TPSA) is 79.9 Å². The molecule has 2 fully saturated rings. The average Bonchev–Trinajstić information content (AvgIpc) is 3.20. The lowest BCUT2D eigenvalue weighted by molar-refractivity contribution is 0.0936. The lowest BCUT2D eigenvalue weighted by atomic mass is 10.0. The van der Waals surface area contributed by atoms with E-state index in [4.69, 9.17) is 15.1 Å². The average molecular weight is 350 g/mol. The predicted octanol–water partition coefficient (Wildman–Crippen LogP) is 2.83. The quantitative estimate of drug-likeness (QED) is 0.899. The van der Waals surface area contributed by atoms with E-state index in [2.05, 4.69) is 11.4 Å². The van der Waals surface area contributed by atoms with Gasteiger partial charge >= 0.3 is 0 Å². The fraction of sp³-hybridized carbons (Fsp3) is 0.450. The summed E-state index contributed by atoms with van der Waals surface area (Å²) in [5.41, 5.74) is 3.81. The van der Waals surface area contributed by atoms with Crippen LogP contribution in [0.3, 0.4) is 0 Å². The molecule has 0 spiro atoms. The van der Waals surface area contributed by atoms with Crippen LogP contribution in [0.25, 0.3) is 11.3 Å². The molecule has 1 N–H and O–H groups in total. The van der Waals surface area contributed by atoms with Gasteiger partial charge in [-0.1, -0.05) is 12.1 Å². The first-order chi connectivity index (χ1) is 12.7. The first kappa shape index (κ1) is 16.8. The third-order valence-corrected chi connectivity index (χ3v) is 5.15. The molecule has 1 saturated heterocycles. The Morgan fingerprint density at radius 2 is 2.12 bits per heavy atom. The summed E-state index contributed by atoms with van der Waals surface area (Å²) >= 11 is 0. The zero-order valence-electron chi connectivity index (χ0n) is 14.9. The second-order valence-electron chi connectivity index (χ2n) is 7.13. The van der Waals surface area contributed by atoms with Crippen LogP contribution in [0.4, 0.5) is 0 Å². The number of benzene rings is 1. The minimum absolute atomic E-state index is 0.0614. The minimum atomic E-state index is -0.0614. The number of ether oxygens (including phenoxy) is 1. The van der Waals surface area contributed by atoms with Crippen molar-refractivity contribution in [1.82, 2.24) is 15.1 Å². The van der Waals surface area contributed by atoms with Crippen molar-refractivity contribution < 1.29 is 9.53 Å². The van der Waals surface area contributed by atoms with Gasteiger partial charge in [-0.2, -0.15) is 10.4 Å². The molecule has 26 heavy (non-hydrogen) atoms. The molecular formula is C20H22N4O2. The van der Waals surface area contributed by atoms with Crippen molar-refractivity contribution >= 4 is 5.91 Å². The maximum Gasteiger partial charge on any atom is 0.269 e. The Balaban J connectivity index is 1.70. The molecule has 2 aliphatic rings. The number of hydrogen-bond donors (Lipinski definition) is 1. The SMILES string of the molecule is Cc1c(-c2ccc(C#N)cc2)nn(C2CCOC2)c1C(=O)NCC1CC1. The van der Waals surface area contributed by atoms with Crippen molar-refractivity contribution in [2.45, 2.75) is 32.2 Å². The van der Waals surface area contributed by atoms with Crippen LogP contribution >= 0.6 is 0 Å². The number of hydrogen-bond acceptors (Lipinski definition) is 4. The van der Waals surface area contributed by atoms with Crippen LogP contribution in [-0.4, -0.2) is 35.4 Å². The highest BCUT2D eigenvalue weighted by atomic mass is 16.5. The van der Waals surface area contributed by atoms with E-state index in [1.165, 1.54) is 12.8 Å². The number of rotatable bonds is 5. The van der Waals surface area contributed by atoms with E-state index >= 15 is 0 Å². The summed E-state index contributed by atoms with van der Waals surface area (Å²) in [6, 6.07) is 9.53. The number of nitrogens with zero attached hydrogens (tertiary/aromatic N) is 3. The van der Waals surface area contributed by atoms with Gasteiger partial charge in [0, 0.05) is 24.3 Å². The van der Waals surface area contributed by atoms with Crippen LogP contribution in [0.5, 0.6) is 0 Å². The van der Waals surface area contributed by atoms with Gasteiger partial charge in [-0.25, -0.2) is 0 Å². The fourth-order valence-electron chi connectivity index (χ4n) is 3.39. The molecule has 6 nitrogen and oxygen atoms in total. The van der Waals surface area contributed by atoms with E-state index in [0.29, 0.717) is 30.4 Å². The van der Waals surface area contributed by atoms with Gasteiger partial charge in [0.25, 0.3) is 5.91 Å². The number of nitriles is 1. The van der Waals surface area contributed by atoms with Crippen molar-refractivity contribution in [3.8, 4) is 17.3 Å². The summed E-state index contributed by atoms with van der Waals surface area (Å²) in [7, 11) is 0. The molecule has 2 aromatic rings. The Labute approximate surface area is 152 Å². The predicted molar refractivity (Wildman–Crippen MR) is 96.6 cm³/mol. The van der Waals surface area contributed by atoms with Crippen LogP contribution in [0.1, 0.15) is 46.9 Å². The summed E-state index contributed by atoms with van der Waals surface area (Å²) in [5, 5.41) is 16.8. The molecule has 6 heteroatoms. The Morgan fingerprint density at radius 1 is 1.35 bits per heavy atom. The van der Waals surface area contributed by atoms with E-state index in [0.717, 1.165) is 29.8 Å². The van der Waals surface area contributed by atoms with Gasteiger partial charge in [0.2, 0.25) is 0 Å². The van der Waals surface area contributed by atoms with E-state index in [9.17, 15) is 4.79 Å². The van der Waals surface area contributed by atoms with Crippen LogP contribution in [0.2, 0.25) is 0 Å². The molecule has 4 rings (SSSR count). The summed E-state index contributed by atoms with van der Waals surface area (Å²) in [4.78, 5) is 12.9. The Bertz CT molecular complexity index is 853. The van der Waals surface area contributed by atoms with Gasteiger partial charge in [-0.15, -0.1) is 0 Å². The van der Waals surface area contributed by atoms with E-state index in [1.807, 2.05) is 23.7 Å². The molecule has 1 atom stereocenters. The van der Waals surface area contributed by atoms with Crippen molar-refractivity contribution in [1.29, 1.82) is 5.26 Å². The highest BCUT2D eigenvalue weighted by Crippen LogP contribution is 2.31. The lowest BCUT2D eigenvalue weighted by Gasteiger charge is -2.13. The number of aromatic nitrogens is 2. The first-order valence-electron chi connectivity index (χ1n) is 9.13. The third kappa shape index (κ3) is 3.23. The van der Waals surface area contributed by atoms with Crippen LogP contribution in [0.15, 0.2) is 24.3 Å². The van der Waals surface area contributed by atoms with Gasteiger partial charge < -0.3 is 10.1 Å². The highest BCUT2D eigenvalue weighted by Gasteiger charge is 2.29. The summed E-state index contributed by atoms with van der Waals surface area (Å²) in [5.74, 6) is 0.567. The standard InChI is InChI=1S/C20H22N4O2/c1-13-18(16-6-4-14(10-21)5-7-16)23-24(17-8-9-26-12-17)19(13)20(25)22-11-15-2-3-15/h4-7,15,17H,2-3,8-9,11-12H2,1H3,(H,22,25). The van der Waals surface area contributed by atoms with Crippen LogP contribution < -0.4 is 5.32 Å². The largest absolute Gasteiger partial charge is 0.379 e. The zero-order valence-corrected chi connectivity index (χ0v) is 14.9. The zero-order chi connectivity index (χ0) is 18.1. The van der Waals surface area contributed by atoms with E-state index < -0.39 is 0 Å². The number of carbonyl (C=O) groups is 1. The van der Waals surface area contributed by atoms with E-state index in [1.54, 1.807) is 12.1 Å². The Morgan fingerprint density at radius 3 is 2.73 bits per heavy atom. The maximum absolute atomic E-state index is 12.9. The first-order valence-corrected chi connectivity index (χ1v) is 9.13. The Kier molecular flexibility index (Phi) is 4.48. The van der Waals surface area contributed by atoms with Gasteiger partial charge in [0.1, 0.15) is 5.69 Å². The second kappa shape index (κ2) is 6.93. The van der Waals surface area contributed by atoms with Crippen LogP contribution in [0, 0.1) is 24.2 Å². The minimum Gasteiger partial charge on any atom is -0.379 e. The van der Waals surface area contributed by atoms with Gasteiger partial charge in [0.15, 0.2) is 0 Å². The molecular weight excluding hydrogens is 328 g/mol. The number of amides is 1. The van der Waals surface area contributed by atoms with Crippen molar-refractivity contribution in [2.75, 3.05) is 19.8 Å². The van der Waals surface area contributed by atoms with Gasteiger partial charge in [-0.05, 0) is 44.2 Å². The summed E-state index contributed by atoms with van der Waals surface area (Å²) < 4.78 is 7.36. The fourth-order valence-corrected chi connectivity index (χ4v) is 3.39. The normalized spacial score (nSPS) is 19.3. The molecule has 0 bridgehead atoms. The number of nitrogens with one attached hydrogen (secondary N) is 1. The molecule has 1 unspecified atom stereocenters. The van der Waals surface area contributed by atoms with Crippen LogP contribution in [-0.2, 0) is 4.74 Å². The molecule has 1 aliphatic heterocycles. The lowest BCUT2D eigenvalue weighted by Crippen LogP contribution is -2.30. The highest BCUT2D eigenvalue weighted by molar-refractivity contribution is 5.95. The molecule has 1 aromatic carbocycles. The van der Waals surface area contributed by atoms with E-state index in [-0.39, 0.29) is 11.9 Å². The molecule has 0 radical (unpaired) electrons. The van der Waals surface area contributed by atoms with Gasteiger partial charge in [0.05, 0.1) is 30.0 Å². The molecule has 134 valence electrons. The maximum atomic E-state index is 12.9. The molecule has 1 saturated carbocycles. The number of carbonyl (C=O) groups excluding carboxylic acids is 1. The van der Waals surface area contributed by atoms with Gasteiger partial charge in [-0.3, -0.25) is 9.48 Å². The molecule has 1 aromatic heterocycles. The third-order valence-electron chi connectivity index (χ3n) is 5.15. The van der Waals surface area contributed by atoms with Crippen molar-refractivity contribution in [3.05, 3.63) is 41.1 Å². The second-order valence-corrected chi connectivity index (χ2v) is 7.13. The summed E-state index contributed by atoms with van der Waals surface area (Å²) in [6.07, 6.45) is 3.26. The smallest absolute Gasteiger partial charge is 0.269 e. The Hall–Kier alpha value is -2.65. The van der Waals surface area contributed by atoms with Crippen molar-refractivity contribution in [3.63, 3.8) is 0 Å². The van der Waals surface area contributed by atoms with Crippen molar-refractivity contribution in [2.24, 2.45) is 5.92 Å². The molecule has 1 amide bonds. The summed E-state index contributed by atoms with van der Waals surface area (Å²) in [6.45, 7) is 3.95.